The Kier molecular flexibility index (Phi) is 3.77. The first-order valence-electron chi connectivity index (χ1n) is 7.70. The molecule has 124 valence electrons. The summed E-state index contributed by atoms with van der Waals surface area (Å²) in [6, 6.07) is 10.9. The highest BCUT2D eigenvalue weighted by atomic mass is 32.1. The number of aromatic nitrogens is 1. The van der Waals surface area contributed by atoms with Gasteiger partial charge in [-0.1, -0.05) is 0 Å². The van der Waals surface area contributed by atoms with Crippen molar-refractivity contribution in [1.82, 2.24) is 4.98 Å². The number of benzene rings is 2. The van der Waals surface area contributed by atoms with E-state index in [0.717, 1.165) is 21.5 Å². The van der Waals surface area contributed by atoms with Crippen LogP contribution in [-0.4, -0.2) is 23.0 Å². The van der Waals surface area contributed by atoms with Gasteiger partial charge in [0, 0.05) is 30.1 Å². The molecular formula is C18H14N4O2S. The summed E-state index contributed by atoms with van der Waals surface area (Å²) in [5.74, 6) is -0.646. The highest BCUT2D eigenvalue weighted by molar-refractivity contribution is 7.17. The standard InChI is InChI=1S/C18H14N4O2S/c1-10(23)21-12-4-2-11(3-5-12)19-8-13-16-14(22-18(13)24)6-7-15-17(16)25-9-20-15/h2-9,13H,1H3,(H,21,23)(H,22,24). The van der Waals surface area contributed by atoms with Gasteiger partial charge in [-0.25, -0.2) is 4.98 Å². The first-order chi connectivity index (χ1) is 12.1. The van der Waals surface area contributed by atoms with Gasteiger partial charge in [0.1, 0.15) is 5.92 Å². The quantitative estimate of drug-likeness (QED) is 0.707. The van der Waals surface area contributed by atoms with Crippen molar-refractivity contribution in [3.8, 4) is 0 Å². The number of carbonyl (C=O) groups excluding carboxylic acids is 2. The van der Waals surface area contributed by atoms with Gasteiger partial charge in [-0.2, -0.15) is 0 Å². The molecule has 1 aliphatic heterocycles. The molecule has 0 fully saturated rings. The lowest BCUT2D eigenvalue weighted by Gasteiger charge is -2.04. The van der Waals surface area contributed by atoms with E-state index in [-0.39, 0.29) is 11.8 Å². The van der Waals surface area contributed by atoms with Crippen molar-refractivity contribution in [3.63, 3.8) is 0 Å². The van der Waals surface area contributed by atoms with E-state index in [9.17, 15) is 9.59 Å². The van der Waals surface area contributed by atoms with Gasteiger partial charge in [-0.15, -0.1) is 11.3 Å². The fourth-order valence-electron chi connectivity index (χ4n) is 2.85. The number of fused-ring (bicyclic) bond motifs is 3. The summed E-state index contributed by atoms with van der Waals surface area (Å²) < 4.78 is 1.01. The molecule has 2 heterocycles. The molecular weight excluding hydrogens is 336 g/mol. The molecule has 0 saturated heterocycles. The third-order valence-corrected chi connectivity index (χ3v) is 4.82. The molecule has 25 heavy (non-hydrogen) atoms. The monoisotopic (exact) mass is 350 g/mol. The average Bonchev–Trinajstić information content (AvgIpc) is 3.17. The summed E-state index contributed by atoms with van der Waals surface area (Å²) in [7, 11) is 0. The van der Waals surface area contributed by atoms with E-state index in [2.05, 4.69) is 20.6 Å². The molecule has 4 rings (SSSR count). The van der Waals surface area contributed by atoms with Gasteiger partial charge in [0.05, 0.1) is 21.4 Å². The first-order valence-corrected chi connectivity index (χ1v) is 8.58. The third-order valence-electron chi connectivity index (χ3n) is 3.95. The number of hydrogen-bond donors (Lipinski definition) is 2. The summed E-state index contributed by atoms with van der Waals surface area (Å²) >= 11 is 1.52. The minimum Gasteiger partial charge on any atom is -0.326 e. The van der Waals surface area contributed by atoms with E-state index in [1.807, 2.05) is 12.1 Å². The lowest BCUT2D eigenvalue weighted by Crippen LogP contribution is -2.12. The van der Waals surface area contributed by atoms with Crippen molar-refractivity contribution in [1.29, 1.82) is 0 Å². The number of amides is 2. The average molecular weight is 350 g/mol. The van der Waals surface area contributed by atoms with Crippen molar-refractivity contribution in [2.45, 2.75) is 12.8 Å². The Morgan fingerprint density at radius 3 is 2.84 bits per heavy atom. The van der Waals surface area contributed by atoms with Crippen LogP contribution in [0.2, 0.25) is 0 Å². The van der Waals surface area contributed by atoms with E-state index < -0.39 is 5.92 Å². The summed E-state index contributed by atoms with van der Waals surface area (Å²) in [5, 5.41) is 5.60. The number of thiazole rings is 1. The normalized spacial score (nSPS) is 16.2. The number of rotatable bonds is 3. The second-order valence-electron chi connectivity index (χ2n) is 5.70. The molecule has 0 radical (unpaired) electrons. The summed E-state index contributed by atoms with van der Waals surface area (Å²) in [6.07, 6.45) is 1.66. The van der Waals surface area contributed by atoms with Crippen molar-refractivity contribution in [3.05, 3.63) is 47.5 Å². The van der Waals surface area contributed by atoms with Crippen molar-refractivity contribution < 1.29 is 9.59 Å². The van der Waals surface area contributed by atoms with Gasteiger partial charge in [0.2, 0.25) is 11.8 Å². The van der Waals surface area contributed by atoms with Crippen LogP contribution in [-0.2, 0) is 9.59 Å². The molecule has 1 unspecified atom stereocenters. The van der Waals surface area contributed by atoms with Crippen molar-refractivity contribution >= 4 is 56.6 Å². The van der Waals surface area contributed by atoms with Crippen LogP contribution in [0.4, 0.5) is 17.1 Å². The Morgan fingerprint density at radius 1 is 1.28 bits per heavy atom. The Hall–Kier alpha value is -3.06. The van der Waals surface area contributed by atoms with Crippen LogP contribution in [0.5, 0.6) is 0 Å². The molecule has 0 aliphatic carbocycles. The molecule has 0 saturated carbocycles. The Morgan fingerprint density at radius 2 is 2.08 bits per heavy atom. The zero-order valence-corrected chi connectivity index (χ0v) is 14.1. The number of anilines is 2. The number of carbonyl (C=O) groups is 2. The zero-order valence-electron chi connectivity index (χ0n) is 13.3. The fraction of sp³-hybridized carbons (Fsp3) is 0.111. The predicted molar refractivity (Wildman–Crippen MR) is 99.9 cm³/mol. The van der Waals surface area contributed by atoms with E-state index in [1.165, 1.54) is 18.3 Å². The lowest BCUT2D eigenvalue weighted by molar-refractivity contribution is -0.116. The molecule has 1 aromatic heterocycles. The smallest absolute Gasteiger partial charge is 0.237 e. The van der Waals surface area contributed by atoms with E-state index in [1.54, 1.807) is 36.0 Å². The van der Waals surface area contributed by atoms with Crippen molar-refractivity contribution in [2.24, 2.45) is 4.99 Å². The Balaban J connectivity index is 1.63. The topological polar surface area (TPSA) is 83.5 Å². The Labute approximate surface area is 147 Å². The third kappa shape index (κ3) is 2.89. The van der Waals surface area contributed by atoms with Gasteiger partial charge in [0.25, 0.3) is 0 Å². The van der Waals surface area contributed by atoms with Crippen LogP contribution >= 0.6 is 11.3 Å². The number of hydrogen-bond acceptors (Lipinski definition) is 5. The SMILES string of the molecule is CC(=O)Nc1ccc(N=CC2C(=O)Nc3ccc4ncsc4c32)cc1. The van der Waals surface area contributed by atoms with Crippen LogP contribution in [0.25, 0.3) is 10.2 Å². The van der Waals surface area contributed by atoms with Crippen molar-refractivity contribution in [2.75, 3.05) is 10.6 Å². The summed E-state index contributed by atoms with van der Waals surface area (Å²) in [6.45, 7) is 1.46. The molecule has 2 amide bonds. The molecule has 1 atom stereocenters. The number of aliphatic imine (C=N–C) groups is 1. The predicted octanol–water partition coefficient (Wildman–Crippen LogP) is 3.69. The minimum absolute atomic E-state index is 0.0884. The highest BCUT2D eigenvalue weighted by Gasteiger charge is 2.31. The zero-order chi connectivity index (χ0) is 17.4. The van der Waals surface area contributed by atoms with Crippen LogP contribution in [0, 0.1) is 0 Å². The molecule has 2 N–H and O–H groups in total. The van der Waals surface area contributed by atoms with Crippen LogP contribution in [0.15, 0.2) is 46.9 Å². The lowest BCUT2D eigenvalue weighted by atomic mass is 10.0. The maximum atomic E-state index is 12.3. The molecule has 0 spiro atoms. The molecule has 2 aromatic carbocycles. The van der Waals surface area contributed by atoms with Crippen LogP contribution < -0.4 is 10.6 Å². The second-order valence-corrected chi connectivity index (χ2v) is 6.56. The largest absolute Gasteiger partial charge is 0.326 e. The molecule has 6 nitrogen and oxygen atoms in total. The number of nitrogens with zero attached hydrogens (tertiary/aromatic N) is 2. The molecule has 0 bridgehead atoms. The maximum absolute atomic E-state index is 12.3. The van der Waals surface area contributed by atoms with Gasteiger partial charge < -0.3 is 10.6 Å². The molecule has 7 heteroatoms. The minimum atomic E-state index is -0.436. The second kappa shape index (κ2) is 6.10. The highest BCUT2D eigenvalue weighted by Crippen LogP contribution is 2.39. The van der Waals surface area contributed by atoms with E-state index in [4.69, 9.17) is 0 Å². The van der Waals surface area contributed by atoms with Crippen LogP contribution in [0.3, 0.4) is 0 Å². The fourth-order valence-corrected chi connectivity index (χ4v) is 3.72. The van der Waals surface area contributed by atoms with Gasteiger partial charge in [0.15, 0.2) is 0 Å². The summed E-state index contributed by atoms with van der Waals surface area (Å²) in [4.78, 5) is 32.1. The number of nitrogens with one attached hydrogen (secondary N) is 2. The summed E-state index contributed by atoms with van der Waals surface area (Å²) in [5.41, 5.74) is 5.85. The van der Waals surface area contributed by atoms with E-state index in [0.29, 0.717) is 11.4 Å². The van der Waals surface area contributed by atoms with E-state index >= 15 is 0 Å². The molecule has 1 aliphatic rings. The van der Waals surface area contributed by atoms with Crippen LogP contribution in [0.1, 0.15) is 18.4 Å². The maximum Gasteiger partial charge on any atom is 0.237 e. The Bertz CT molecular complexity index is 1010. The first kappa shape index (κ1) is 15.5. The van der Waals surface area contributed by atoms with Gasteiger partial charge >= 0.3 is 0 Å². The van der Waals surface area contributed by atoms with Gasteiger partial charge in [-0.05, 0) is 36.4 Å². The molecule has 3 aromatic rings. The van der Waals surface area contributed by atoms with Gasteiger partial charge in [-0.3, -0.25) is 14.6 Å².